The smallest absolute Gasteiger partial charge is 0.130 e. The Morgan fingerprint density at radius 3 is 1.88 bits per heavy atom. The minimum absolute atomic E-state index is 0.130. The van der Waals surface area contributed by atoms with E-state index in [2.05, 4.69) is 0 Å². The van der Waals surface area contributed by atoms with E-state index in [-0.39, 0.29) is 5.41 Å². The summed E-state index contributed by atoms with van der Waals surface area (Å²) in [6.07, 6.45) is 0.656. The van der Waals surface area contributed by atoms with Gasteiger partial charge in [0.1, 0.15) is 13.6 Å². The fraction of sp³-hybridized carbons (Fsp3) is 0.833. The second-order valence-corrected chi connectivity index (χ2v) is 3.03. The van der Waals surface area contributed by atoms with E-state index in [1.54, 1.807) is 0 Å². The molecule has 0 aliphatic heterocycles. The Balaban J connectivity index is 3.82. The maximum atomic E-state index is 10.8. The Morgan fingerprint density at radius 2 is 1.88 bits per heavy atom. The van der Waals surface area contributed by atoms with Crippen LogP contribution in [0.2, 0.25) is 6.32 Å². The predicted molar refractivity (Wildman–Crippen MR) is 37.8 cm³/mol. The number of hydrogen-bond acceptors (Lipinski definition) is 1. The van der Waals surface area contributed by atoms with Crippen LogP contribution < -0.4 is 0 Å². The van der Waals surface area contributed by atoms with Crippen molar-refractivity contribution in [3.8, 4) is 0 Å². The summed E-state index contributed by atoms with van der Waals surface area (Å²) in [5.41, 5.74) is -0.130. The average Bonchev–Trinajstić information content (AvgIpc) is 1.62. The Labute approximate surface area is 51.9 Å². The van der Waals surface area contributed by atoms with Crippen LogP contribution >= 0.6 is 0 Å². The molecule has 0 aliphatic rings. The molecule has 0 aromatic rings. The molecule has 46 valence electrons. The summed E-state index contributed by atoms with van der Waals surface area (Å²) in [5, 5.41) is 0. The van der Waals surface area contributed by atoms with Crippen molar-refractivity contribution in [2.45, 2.75) is 27.1 Å². The third-order valence-electron chi connectivity index (χ3n) is 1.16. The van der Waals surface area contributed by atoms with Gasteiger partial charge in [-0.1, -0.05) is 20.8 Å². The summed E-state index contributed by atoms with van der Waals surface area (Å²) < 4.78 is 0. The van der Waals surface area contributed by atoms with Crippen molar-refractivity contribution < 1.29 is 4.79 Å². The number of Topliss-reactive ketones (excluding diaryl/α,β-unsaturated/α-hetero) is 1. The molecule has 0 saturated carbocycles. The summed E-state index contributed by atoms with van der Waals surface area (Å²) in [6.45, 7) is 5.83. The lowest BCUT2D eigenvalue weighted by atomic mass is 9.83. The highest BCUT2D eigenvalue weighted by Crippen LogP contribution is 2.15. The van der Waals surface area contributed by atoms with Crippen LogP contribution in [0, 0.1) is 5.41 Å². The molecule has 0 unspecified atom stereocenters. The molecule has 0 saturated heterocycles. The van der Waals surface area contributed by atoms with Gasteiger partial charge in [-0.2, -0.15) is 0 Å². The van der Waals surface area contributed by atoms with Crippen molar-refractivity contribution in [1.82, 2.24) is 0 Å². The van der Waals surface area contributed by atoms with Gasteiger partial charge in [0.2, 0.25) is 0 Å². The minimum Gasteiger partial charge on any atom is -0.300 e. The van der Waals surface area contributed by atoms with Crippen molar-refractivity contribution in [3.05, 3.63) is 0 Å². The molecule has 0 atom stereocenters. The Morgan fingerprint density at radius 1 is 1.50 bits per heavy atom. The van der Waals surface area contributed by atoms with Gasteiger partial charge in [0.15, 0.2) is 0 Å². The topological polar surface area (TPSA) is 17.1 Å². The molecule has 0 rings (SSSR count). The molecule has 0 heterocycles. The molecular formula is C6H13BO. The van der Waals surface area contributed by atoms with Gasteiger partial charge in [0.05, 0.1) is 0 Å². The van der Waals surface area contributed by atoms with Gasteiger partial charge >= 0.3 is 0 Å². The summed E-state index contributed by atoms with van der Waals surface area (Å²) in [6, 6.07) is 0. The molecular weight excluding hydrogens is 98.9 g/mol. The van der Waals surface area contributed by atoms with E-state index in [1.807, 2.05) is 28.6 Å². The number of rotatable bonds is 1. The van der Waals surface area contributed by atoms with Crippen molar-refractivity contribution in [3.63, 3.8) is 0 Å². The molecule has 0 aliphatic carbocycles. The second kappa shape index (κ2) is 2.34. The van der Waals surface area contributed by atoms with Crippen LogP contribution in [0.1, 0.15) is 20.8 Å². The van der Waals surface area contributed by atoms with Crippen LogP contribution in [0.15, 0.2) is 0 Å². The summed E-state index contributed by atoms with van der Waals surface area (Å²) >= 11 is 0. The molecule has 0 aromatic heterocycles. The number of ketones is 1. The fourth-order valence-electron chi connectivity index (χ4n) is 0.530. The summed E-state index contributed by atoms with van der Waals surface area (Å²) in [5.74, 6) is 0.331. The van der Waals surface area contributed by atoms with Gasteiger partial charge in [-0.15, -0.1) is 0 Å². The van der Waals surface area contributed by atoms with Crippen molar-refractivity contribution in [2.75, 3.05) is 0 Å². The van der Waals surface area contributed by atoms with Gasteiger partial charge < -0.3 is 0 Å². The largest absolute Gasteiger partial charge is 0.300 e. The minimum atomic E-state index is -0.130. The molecule has 1 nitrogen and oxygen atoms in total. The zero-order valence-corrected chi connectivity index (χ0v) is 6.12. The first-order valence-corrected chi connectivity index (χ1v) is 3.01. The van der Waals surface area contributed by atoms with Crippen LogP contribution in [-0.4, -0.2) is 13.6 Å². The van der Waals surface area contributed by atoms with Gasteiger partial charge in [0.25, 0.3) is 0 Å². The van der Waals surface area contributed by atoms with Crippen LogP contribution in [0.5, 0.6) is 0 Å². The number of carbonyl (C=O) groups is 1. The molecule has 8 heavy (non-hydrogen) atoms. The Kier molecular flexibility index (Phi) is 2.26. The predicted octanol–water partition coefficient (Wildman–Crippen LogP) is 0.653. The second-order valence-electron chi connectivity index (χ2n) is 3.03. The number of carbonyl (C=O) groups excluding carboxylic acids is 1. The average molecular weight is 112 g/mol. The van der Waals surface area contributed by atoms with Crippen molar-refractivity contribution in [2.24, 2.45) is 5.41 Å². The highest BCUT2D eigenvalue weighted by molar-refractivity contribution is 6.21. The first kappa shape index (κ1) is 7.73. The van der Waals surface area contributed by atoms with Gasteiger partial charge in [0, 0.05) is 5.41 Å². The highest BCUT2D eigenvalue weighted by atomic mass is 16.1. The molecule has 0 bridgehead atoms. The third kappa shape index (κ3) is 2.15. The van der Waals surface area contributed by atoms with Crippen LogP contribution in [0.3, 0.4) is 0 Å². The van der Waals surface area contributed by atoms with Gasteiger partial charge in [-0.3, -0.25) is 4.79 Å². The third-order valence-corrected chi connectivity index (χ3v) is 1.16. The van der Waals surface area contributed by atoms with Crippen molar-refractivity contribution >= 4 is 13.6 Å². The zero-order valence-electron chi connectivity index (χ0n) is 6.12. The van der Waals surface area contributed by atoms with E-state index < -0.39 is 0 Å². The Bertz CT molecular complexity index is 91.2. The lowest BCUT2D eigenvalue weighted by Crippen LogP contribution is -2.18. The van der Waals surface area contributed by atoms with Crippen LogP contribution in [0.25, 0.3) is 0 Å². The lowest BCUT2D eigenvalue weighted by Gasteiger charge is -2.14. The van der Waals surface area contributed by atoms with Gasteiger partial charge in [-0.25, -0.2) is 0 Å². The number of hydrogen-bond donors (Lipinski definition) is 0. The molecule has 2 heteroatoms. The zero-order chi connectivity index (χ0) is 6.78. The first-order chi connectivity index (χ1) is 3.48. The molecule has 0 aromatic carbocycles. The monoisotopic (exact) mass is 112 g/mol. The van der Waals surface area contributed by atoms with E-state index in [0.717, 1.165) is 0 Å². The van der Waals surface area contributed by atoms with Gasteiger partial charge in [-0.05, 0) is 6.32 Å². The van der Waals surface area contributed by atoms with E-state index in [4.69, 9.17) is 0 Å². The molecule has 0 N–H and O–H groups in total. The summed E-state index contributed by atoms with van der Waals surface area (Å²) in [4.78, 5) is 10.8. The molecule has 0 fully saturated rings. The Hall–Kier alpha value is -0.265. The van der Waals surface area contributed by atoms with E-state index >= 15 is 0 Å². The molecule has 0 amide bonds. The van der Waals surface area contributed by atoms with E-state index in [1.165, 1.54) is 0 Å². The lowest BCUT2D eigenvalue weighted by molar-refractivity contribution is -0.123. The maximum absolute atomic E-state index is 10.8. The SMILES string of the molecule is BCC(=O)C(C)(C)C. The molecule has 0 spiro atoms. The van der Waals surface area contributed by atoms with Crippen LogP contribution in [-0.2, 0) is 4.79 Å². The quantitative estimate of drug-likeness (QED) is 0.455. The highest BCUT2D eigenvalue weighted by Gasteiger charge is 2.17. The van der Waals surface area contributed by atoms with E-state index in [0.29, 0.717) is 12.1 Å². The van der Waals surface area contributed by atoms with E-state index in [9.17, 15) is 4.79 Å². The molecule has 0 radical (unpaired) electrons. The summed E-state index contributed by atoms with van der Waals surface area (Å²) in [7, 11) is 1.90. The fourth-order valence-corrected chi connectivity index (χ4v) is 0.530. The normalized spacial score (nSPS) is 11.4. The first-order valence-electron chi connectivity index (χ1n) is 3.01. The van der Waals surface area contributed by atoms with Crippen molar-refractivity contribution in [1.29, 1.82) is 0 Å². The standard InChI is InChI=1S/C6H13BO/c1-6(2,3)5(8)4-7/h4,7H2,1-3H3. The van der Waals surface area contributed by atoms with Crippen LogP contribution in [0.4, 0.5) is 0 Å². The maximum Gasteiger partial charge on any atom is 0.130 e.